The van der Waals surface area contributed by atoms with Crippen LogP contribution in [0.5, 0.6) is 0 Å². The minimum atomic E-state index is 0.0909. The number of amides is 1. The molecule has 0 spiro atoms. The Balaban J connectivity index is 1.93. The highest BCUT2D eigenvalue weighted by Gasteiger charge is 2.25. The number of nitrogens with one attached hydrogen (secondary N) is 1. The molecule has 1 aliphatic rings. The van der Waals surface area contributed by atoms with Gasteiger partial charge in [0.1, 0.15) is 0 Å². The number of carbonyl (C=O) groups is 1. The van der Waals surface area contributed by atoms with Gasteiger partial charge < -0.3 is 10.4 Å². The van der Waals surface area contributed by atoms with Crippen molar-refractivity contribution in [1.29, 1.82) is 0 Å². The summed E-state index contributed by atoms with van der Waals surface area (Å²) >= 11 is 0. The van der Waals surface area contributed by atoms with Crippen LogP contribution < -0.4 is 5.32 Å². The van der Waals surface area contributed by atoms with Crippen LogP contribution in [-0.4, -0.2) is 41.1 Å². The SMILES string of the molecule is CC(CCO)N(CC(=O)NC1CC1)Cc1ccccc1. The summed E-state index contributed by atoms with van der Waals surface area (Å²) in [5.74, 6) is 0.0909. The largest absolute Gasteiger partial charge is 0.396 e. The molecule has 1 aromatic rings. The van der Waals surface area contributed by atoms with Crippen molar-refractivity contribution in [3.63, 3.8) is 0 Å². The van der Waals surface area contributed by atoms with E-state index in [-0.39, 0.29) is 18.6 Å². The molecule has 4 heteroatoms. The Bertz CT molecular complexity index is 418. The zero-order valence-electron chi connectivity index (χ0n) is 12.1. The Hall–Kier alpha value is -1.39. The molecule has 1 aromatic carbocycles. The summed E-state index contributed by atoms with van der Waals surface area (Å²) in [6.45, 7) is 3.34. The van der Waals surface area contributed by atoms with Gasteiger partial charge in [0.15, 0.2) is 0 Å². The zero-order valence-corrected chi connectivity index (χ0v) is 12.1. The van der Waals surface area contributed by atoms with Crippen LogP contribution in [0.4, 0.5) is 0 Å². The van der Waals surface area contributed by atoms with Crippen LogP contribution in [0.3, 0.4) is 0 Å². The van der Waals surface area contributed by atoms with E-state index >= 15 is 0 Å². The predicted octanol–water partition coefficient (Wildman–Crippen LogP) is 1.54. The lowest BCUT2D eigenvalue weighted by molar-refractivity contribution is -0.123. The predicted molar refractivity (Wildman–Crippen MR) is 79.2 cm³/mol. The van der Waals surface area contributed by atoms with Gasteiger partial charge in [-0.3, -0.25) is 9.69 Å². The second kappa shape index (κ2) is 7.41. The number of rotatable bonds is 8. The average molecular weight is 276 g/mol. The standard InChI is InChI=1S/C16H24N2O2/c1-13(9-10-19)18(11-14-5-3-2-4-6-14)12-16(20)17-15-7-8-15/h2-6,13,15,19H,7-12H2,1H3,(H,17,20). The van der Waals surface area contributed by atoms with Gasteiger partial charge in [-0.25, -0.2) is 0 Å². The van der Waals surface area contributed by atoms with Crippen molar-refractivity contribution >= 4 is 5.91 Å². The molecule has 1 atom stereocenters. The highest BCUT2D eigenvalue weighted by Crippen LogP contribution is 2.18. The molecule has 0 aromatic heterocycles. The van der Waals surface area contributed by atoms with Gasteiger partial charge in [-0.2, -0.15) is 0 Å². The fourth-order valence-corrected chi connectivity index (χ4v) is 2.24. The van der Waals surface area contributed by atoms with Gasteiger partial charge in [0.05, 0.1) is 6.54 Å². The summed E-state index contributed by atoms with van der Waals surface area (Å²) in [6.07, 6.45) is 2.90. The molecule has 1 unspecified atom stereocenters. The third kappa shape index (κ3) is 4.94. The van der Waals surface area contributed by atoms with Crippen molar-refractivity contribution in [2.75, 3.05) is 13.2 Å². The van der Waals surface area contributed by atoms with Crippen LogP contribution in [-0.2, 0) is 11.3 Å². The van der Waals surface area contributed by atoms with Crippen molar-refractivity contribution in [3.8, 4) is 0 Å². The van der Waals surface area contributed by atoms with E-state index in [1.165, 1.54) is 5.56 Å². The van der Waals surface area contributed by atoms with Crippen molar-refractivity contribution < 1.29 is 9.90 Å². The van der Waals surface area contributed by atoms with E-state index < -0.39 is 0 Å². The normalized spacial score (nSPS) is 16.1. The van der Waals surface area contributed by atoms with E-state index in [1.807, 2.05) is 18.2 Å². The Morgan fingerprint density at radius 3 is 2.70 bits per heavy atom. The van der Waals surface area contributed by atoms with Gasteiger partial charge in [-0.15, -0.1) is 0 Å². The van der Waals surface area contributed by atoms with Crippen LogP contribution in [0.2, 0.25) is 0 Å². The number of nitrogens with zero attached hydrogens (tertiary/aromatic N) is 1. The summed E-state index contributed by atoms with van der Waals surface area (Å²) in [7, 11) is 0. The molecule has 1 fully saturated rings. The van der Waals surface area contributed by atoms with Gasteiger partial charge in [0.2, 0.25) is 5.91 Å². The van der Waals surface area contributed by atoms with Gasteiger partial charge in [-0.05, 0) is 31.7 Å². The fraction of sp³-hybridized carbons (Fsp3) is 0.562. The second-order valence-corrected chi connectivity index (χ2v) is 5.59. The molecule has 0 bridgehead atoms. The van der Waals surface area contributed by atoms with E-state index in [2.05, 4.69) is 29.3 Å². The second-order valence-electron chi connectivity index (χ2n) is 5.59. The molecule has 1 aliphatic carbocycles. The van der Waals surface area contributed by atoms with Crippen LogP contribution in [0.25, 0.3) is 0 Å². The molecule has 2 rings (SSSR count). The van der Waals surface area contributed by atoms with Gasteiger partial charge in [-0.1, -0.05) is 30.3 Å². The number of hydrogen-bond acceptors (Lipinski definition) is 3. The number of hydrogen-bond donors (Lipinski definition) is 2. The molecule has 0 heterocycles. The number of carbonyl (C=O) groups excluding carboxylic acids is 1. The Labute approximate surface area is 120 Å². The Morgan fingerprint density at radius 2 is 2.10 bits per heavy atom. The molecule has 4 nitrogen and oxygen atoms in total. The summed E-state index contributed by atoms with van der Waals surface area (Å²) in [5.41, 5.74) is 1.19. The van der Waals surface area contributed by atoms with E-state index in [0.717, 1.165) is 19.4 Å². The van der Waals surface area contributed by atoms with Gasteiger partial charge >= 0.3 is 0 Å². The molecule has 20 heavy (non-hydrogen) atoms. The maximum absolute atomic E-state index is 12.0. The van der Waals surface area contributed by atoms with E-state index in [9.17, 15) is 4.79 Å². The lowest BCUT2D eigenvalue weighted by Gasteiger charge is -2.28. The summed E-state index contributed by atoms with van der Waals surface area (Å²) < 4.78 is 0. The zero-order chi connectivity index (χ0) is 14.4. The highest BCUT2D eigenvalue weighted by molar-refractivity contribution is 5.78. The first-order valence-electron chi connectivity index (χ1n) is 7.37. The van der Waals surface area contributed by atoms with Crippen LogP contribution in [0.1, 0.15) is 31.7 Å². The summed E-state index contributed by atoms with van der Waals surface area (Å²) in [6, 6.07) is 10.7. The molecule has 0 radical (unpaired) electrons. The minimum absolute atomic E-state index is 0.0909. The van der Waals surface area contributed by atoms with Crippen molar-refractivity contribution in [3.05, 3.63) is 35.9 Å². The number of benzene rings is 1. The monoisotopic (exact) mass is 276 g/mol. The van der Waals surface area contributed by atoms with E-state index in [0.29, 0.717) is 19.0 Å². The molecule has 1 saturated carbocycles. The Morgan fingerprint density at radius 1 is 1.40 bits per heavy atom. The van der Waals surface area contributed by atoms with E-state index in [1.54, 1.807) is 0 Å². The smallest absolute Gasteiger partial charge is 0.234 e. The minimum Gasteiger partial charge on any atom is -0.396 e. The van der Waals surface area contributed by atoms with Crippen LogP contribution >= 0.6 is 0 Å². The average Bonchev–Trinajstić information content (AvgIpc) is 3.23. The summed E-state index contributed by atoms with van der Waals surface area (Å²) in [4.78, 5) is 14.1. The topological polar surface area (TPSA) is 52.6 Å². The number of aliphatic hydroxyl groups is 1. The molecule has 0 aliphatic heterocycles. The molecule has 0 saturated heterocycles. The fourth-order valence-electron chi connectivity index (χ4n) is 2.24. The lowest BCUT2D eigenvalue weighted by atomic mass is 10.1. The van der Waals surface area contributed by atoms with Crippen molar-refractivity contribution in [2.24, 2.45) is 0 Å². The van der Waals surface area contributed by atoms with Gasteiger partial charge in [0, 0.05) is 25.2 Å². The maximum atomic E-state index is 12.0. The van der Waals surface area contributed by atoms with Gasteiger partial charge in [0.25, 0.3) is 0 Å². The summed E-state index contributed by atoms with van der Waals surface area (Å²) in [5, 5.41) is 12.1. The molecular weight excluding hydrogens is 252 g/mol. The first kappa shape index (κ1) is 15.0. The lowest BCUT2D eigenvalue weighted by Crippen LogP contribution is -2.42. The first-order valence-corrected chi connectivity index (χ1v) is 7.37. The molecule has 2 N–H and O–H groups in total. The third-order valence-electron chi connectivity index (χ3n) is 3.69. The molecule has 110 valence electrons. The quantitative estimate of drug-likeness (QED) is 0.757. The Kier molecular flexibility index (Phi) is 5.56. The van der Waals surface area contributed by atoms with Crippen LogP contribution in [0.15, 0.2) is 30.3 Å². The molecule has 1 amide bonds. The third-order valence-corrected chi connectivity index (χ3v) is 3.69. The van der Waals surface area contributed by atoms with Crippen LogP contribution in [0, 0.1) is 0 Å². The molecular formula is C16H24N2O2. The highest BCUT2D eigenvalue weighted by atomic mass is 16.3. The van der Waals surface area contributed by atoms with E-state index in [4.69, 9.17) is 5.11 Å². The van der Waals surface area contributed by atoms with Crippen molar-refractivity contribution in [1.82, 2.24) is 10.2 Å². The first-order chi connectivity index (χ1) is 9.69. The maximum Gasteiger partial charge on any atom is 0.234 e. The number of aliphatic hydroxyl groups excluding tert-OH is 1. The van der Waals surface area contributed by atoms with Crippen molar-refractivity contribution in [2.45, 2.75) is 44.8 Å².